The smallest absolute Gasteiger partial charge is 0.0782 e. The molecule has 0 heterocycles. The van der Waals surface area contributed by atoms with Gasteiger partial charge < -0.3 is 0 Å². The highest BCUT2D eigenvalue weighted by molar-refractivity contribution is 9.10. The Labute approximate surface area is 145 Å². The van der Waals surface area contributed by atoms with Gasteiger partial charge >= 0.3 is 0 Å². The fourth-order valence-electron chi connectivity index (χ4n) is 2.38. The number of nitrogens with zero attached hydrogens (tertiary/aromatic N) is 1. The average Bonchev–Trinajstić information content (AvgIpc) is 2.56. The maximum Gasteiger partial charge on any atom is 0.0782 e. The van der Waals surface area contributed by atoms with Gasteiger partial charge in [0, 0.05) is 15.6 Å². The molecule has 2 heteroatoms. The third-order valence-electron chi connectivity index (χ3n) is 3.73. The first kappa shape index (κ1) is 15.7. The lowest BCUT2D eigenvalue weighted by molar-refractivity contribution is 1.41. The summed E-state index contributed by atoms with van der Waals surface area (Å²) in [5.74, 6) is 0. The summed E-state index contributed by atoms with van der Waals surface area (Å²) in [6.45, 7) is 4.19. The molecule has 3 aromatic rings. The Bertz CT molecular complexity index is 783. The number of hydrogen-bond acceptors (Lipinski definition) is 1. The summed E-state index contributed by atoms with van der Waals surface area (Å²) in [5.41, 5.74) is 6.65. The van der Waals surface area contributed by atoms with Gasteiger partial charge in [0.05, 0.1) is 11.4 Å². The van der Waals surface area contributed by atoms with E-state index in [0.29, 0.717) is 0 Å². The van der Waals surface area contributed by atoms with E-state index in [1.807, 2.05) is 24.3 Å². The van der Waals surface area contributed by atoms with E-state index >= 15 is 0 Å². The van der Waals surface area contributed by atoms with Gasteiger partial charge in [-0.15, -0.1) is 0 Å². The molecule has 0 bridgehead atoms. The molecular formula is C21H18BrN. The molecule has 0 aliphatic rings. The van der Waals surface area contributed by atoms with E-state index in [2.05, 4.69) is 78.3 Å². The molecular weight excluding hydrogens is 346 g/mol. The highest BCUT2D eigenvalue weighted by atomic mass is 79.9. The van der Waals surface area contributed by atoms with Crippen LogP contribution in [-0.4, -0.2) is 5.71 Å². The largest absolute Gasteiger partial charge is 0.247 e. The van der Waals surface area contributed by atoms with Crippen LogP contribution in [-0.2, 0) is 0 Å². The van der Waals surface area contributed by atoms with Crippen LogP contribution < -0.4 is 0 Å². The number of para-hydroxylation sites is 1. The Morgan fingerprint density at radius 2 is 1.17 bits per heavy atom. The van der Waals surface area contributed by atoms with Crippen molar-refractivity contribution >= 4 is 27.3 Å². The van der Waals surface area contributed by atoms with Crippen LogP contribution in [0.4, 0.5) is 5.69 Å². The van der Waals surface area contributed by atoms with E-state index in [4.69, 9.17) is 4.99 Å². The van der Waals surface area contributed by atoms with E-state index in [1.54, 1.807) is 0 Å². The monoisotopic (exact) mass is 363 g/mol. The predicted octanol–water partition coefficient (Wildman–Crippen LogP) is 6.24. The maximum atomic E-state index is 4.93. The number of rotatable bonds is 3. The quantitative estimate of drug-likeness (QED) is 0.488. The van der Waals surface area contributed by atoms with Crippen molar-refractivity contribution in [1.29, 1.82) is 0 Å². The first-order valence-corrected chi connectivity index (χ1v) is 8.40. The molecule has 0 spiro atoms. The number of aliphatic imine (C=N–C) groups is 1. The van der Waals surface area contributed by atoms with E-state index in [1.165, 1.54) is 11.1 Å². The third-order valence-corrected chi connectivity index (χ3v) is 4.41. The number of aryl methyl sites for hydroxylation is 2. The van der Waals surface area contributed by atoms with E-state index in [9.17, 15) is 0 Å². The Kier molecular flexibility index (Phi) is 4.73. The molecule has 0 aromatic heterocycles. The molecule has 3 rings (SSSR count). The minimum atomic E-state index is 0.934. The zero-order valence-electron chi connectivity index (χ0n) is 13.3. The second-order valence-corrected chi connectivity index (χ2v) is 6.50. The third kappa shape index (κ3) is 3.77. The van der Waals surface area contributed by atoms with Crippen LogP contribution in [0.5, 0.6) is 0 Å². The van der Waals surface area contributed by atoms with Crippen LogP contribution in [0.1, 0.15) is 22.3 Å². The summed E-state index contributed by atoms with van der Waals surface area (Å²) >= 11 is 3.59. The van der Waals surface area contributed by atoms with Gasteiger partial charge in [0.25, 0.3) is 0 Å². The van der Waals surface area contributed by atoms with Crippen molar-refractivity contribution in [2.45, 2.75) is 13.8 Å². The van der Waals surface area contributed by atoms with Crippen molar-refractivity contribution < 1.29 is 0 Å². The summed E-state index contributed by atoms with van der Waals surface area (Å²) in [6.07, 6.45) is 0. The minimum Gasteiger partial charge on any atom is -0.247 e. The summed E-state index contributed by atoms with van der Waals surface area (Å²) in [5, 5.41) is 0. The van der Waals surface area contributed by atoms with Gasteiger partial charge in [0.1, 0.15) is 0 Å². The van der Waals surface area contributed by atoms with E-state index in [-0.39, 0.29) is 0 Å². The zero-order chi connectivity index (χ0) is 16.2. The van der Waals surface area contributed by atoms with E-state index in [0.717, 1.165) is 27.0 Å². The first-order chi connectivity index (χ1) is 11.1. The second-order valence-electron chi connectivity index (χ2n) is 5.64. The normalized spacial score (nSPS) is 10.4. The molecule has 3 aromatic carbocycles. The number of hydrogen-bond donors (Lipinski definition) is 0. The predicted molar refractivity (Wildman–Crippen MR) is 102 cm³/mol. The van der Waals surface area contributed by atoms with Crippen LogP contribution in [0.25, 0.3) is 0 Å². The summed E-state index contributed by atoms with van der Waals surface area (Å²) in [6, 6.07) is 25.1. The Balaban J connectivity index is 2.15. The second kappa shape index (κ2) is 6.93. The minimum absolute atomic E-state index is 0.934. The molecule has 114 valence electrons. The first-order valence-electron chi connectivity index (χ1n) is 7.61. The molecule has 0 aliphatic carbocycles. The molecule has 0 aliphatic heterocycles. The highest BCUT2D eigenvalue weighted by Gasteiger charge is 2.08. The summed E-state index contributed by atoms with van der Waals surface area (Å²) < 4.78 is 0.997. The summed E-state index contributed by atoms with van der Waals surface area (Å²) in [7, 11) is 0. The fraction of sp³-hybridized carbons (Fsp3) is 0.0952. The van der Waals surface area contributed by atoms with Crippen molar-refractivity contribution in [2.24, 2.45) is 4.99 Å². The van der Waals surface area contributed by atoms with Gasteiger partial charge in [-0.25, -0.2) is 4.99 Å². The topological polar surface area (TPSA) is 12.4 Å². The molecule has 0 unspecified atom stereocenters. The van der Waals surface area contributed by atoms with Crippen molar-refractivity contribution in [3.8, 4) is 0 Å². The molecule has 0 saturated heterocycles. The van der Waals surface area contributed by atoms with Gasteiger partial charge in [-0.1, -0.05) is 71.8 Å². The maximum absolute atomic E-state index is 4.93. The lowest BCUT2D eigenvalue weighted by atomic mass is 10.00. The van der Waals surface area contributed by atoms with Gasteiger partial charge in [0.15, 0.2) is 0 Å². The Hall–Kier alpha value is -2.19. The SMILES string of the molecule is Cc1ccc(C(=Nc2ccccc2Br)c2ccc(C)cc2)cc1. The zero-order valence-corrected chi connectivity index (χ0v) is 14.8. The van der Waals surface area contributed by atoms with Crippen molar-refractivity contribution in [3.05, 3.63) is 99.5 Å². The average molecular weight is 364 g/mol. The van der Waals surface area contributed by atoms with Gasteiger partial charge in [-0.2, -0.15) is 0 Å². The van der Waals surface area contributed by atoms with Crippen LogP contribution in [0.3, 0.4) is 0 Å². The van der Waals surface area contributed by atoms with Crippen molar-refractivity contribution in [2.75, 3.05) is 0 Å². The number of halogens is 1. The van der Waals surface area contributed by atoms with Gasteiger partial charge in [-0.3, -0.25) is 0 Å². The molecule has 0 radical (unpaired) electrons. The number of benzene rings is 3. The van der Waals surface area contributed by atoms with Gasteiger partial charge in [-0.05, 0) is 41.9 Å². The molecule has 0 amide bonds. The molecule has 0 atom stereocenters. The lowest BCUT2D eigenvalue weighted by Gasteiger charge is -2.09. The fourth-order valence-corrected chi connectivity index (χ4v) is 2.75. The molecule has 0 saturated carbocycles. The summed E-state index contributed by atoms with van der Waals surface area (Å²) in [4.78, 5) is 4.93. The molecule has 0 N–H and O–H groups in total. The highest BCUT2D eigenvalue weighted by Crippen LogP contribution is 2.27. The standard InChI is InChI=1S/C21H18BrN/c1-15-7-11-17(12-8-15)21(18-13-9-16(2)10-14-18)23-20-6-4-3-5-19(20)22/h3-14H,1-2H3. The van der Waals surface area contributed by atoms with E-state index < -0.39 is 0 Å². The Morgan fingerprint density at radius 3 is 1.65 bits per heavy atom. The van der Waals surface area contributed by atoms with Crippen LogP contribution in [0, 0.1) is 13.8 Å². The van der Waals surface area contributed by atoms with Crippen LogP contribution in [0.15, 0.2) is 82.3 Å². The van der Waals surface area contributed by atoms with Crippen molar-refractivity contribution in [3.63, 3.8) is 0 Å². The molecule has 0 fully saturated rings. The van der Waals surface area contributed by atoms with Crippen LogP contribution >= 0.6 is 15.9 Å². The molecule has 1 nitrogen and oxygen atoms in total. The molecule has 23 heavy (non-hydrogen) atoms. The van der Waals surface area contributed by atoms with Crippen LogP contribution in [0.2, 0.25) is 0 Å². The Morgan fingerprint density at radius 1 is 0.696 bits per heavy atom. The van der Waals surface area contributed by atoms with Crippen molar-refractivity contribution in [1.82, 2.24) is 0 Å². The lowest BCUT2D eigenvalue weighted by Crippen LogP contribution is -2.03. The van der Waals surface area contributed by atoms with Gasteiger partial charge in [0.2, 0.25) is 0 Å².